The molecule has 0 bridgehead atoms. The monoisotopic (exact) mass is 357 g/mol. The number of aromatic hydroxyl groups is 1. The summed E-state index contributed by atoms with van der Waals surface area (Å²) in [7, 11) is 0. The van der Waals surface area contributed by atoms with Gasteiger partial charge >= 0.3 is 12.1 Å². The molecule has 2 N–H and O–H groups in total. The van der Waals surface area contributed by atoms with E-state index in [1.54, 1.807) is 6.92 Å². The fourth-order valence-electron chi connectivity index (χ4n) is 1.82. The number of hydrogen-bond donors (Lipinski definition) is 2. The summed E-state index contributed by atoms with van der Waals surface area (Å²) in [5.41, 5.74) is 0.212. The van der Waals surface area contributed by atoms with Crippen LogP contribution in [-0.4, -0.2) is 23.8 Å². The van der Waals surface area contributed by atoms with Crippen molar-refractivity contribution in [3.63, 3.8) is 0 Å². The van der Waals surface area contributed by atoms with Crippen LogP contribution in [0.3, 0.4) is 0 Å². The molecule has 128 valence electrons. The van der Waals surface area contributed by atoms with Gasteiger partial charge in [0.15, 0.2) is 5.76 Å². The van der Waals surface area contributed by atoms with E-state index in [1.807, 2.05) is 0 Å². The van der Waals surface area contributed by atoms with E-state index in [-0.39, 0.29) is 28.8 Å². The Morgan fingerprint density at radius 1 is 1.42 bits per heavy atom. The molecule has 1 amide bonds. The number of esters is 1. The van der Waals surface area contributed by atoms with Crippen molar-refractivity contribution >= 4 is 29.5 Å². The van der Waals surface area contributed by atoms with Crippen molar-refractivity contribution in [1.82, 2.24) is 0 Å². The first-order valence-corrected chi connectivity index (χ1v) is 7.14. The SMILES string of the molecule is CCOC(=O)Nc1oc(-c2ccc(F)c(Cl)c2)c(O)c1OC(C)=O. The standard InChI is InChI=1S/C15H13ClFNO6/c1-3-22-15(21)18-14-13(23-7(2)19)11(20)12(24-14)8-4-5-10(17)9(16)6-8/h4-6,20H,3H2,1-2H3,(H,18,21). The van der Waals surface area contributed by atoms with Crippen LogP contribution in [0.2, 0.25) is 5.02 Å². The molecule has 1 aromatic heterocycles. The highest BCUT2D eigenvalue weighted by Crippen LogP contribution is 2.46. The quantitative estimate of drug-likeness (QED) is 0.804. The zero-order valence-corrected chi connectivity index (χ0v) is 13.4. The minimum absolute atomic E-state index is 0.0991. The van der Waals surface area contributed by atoms with Crippen LogP contribution in [0.5, 0.6) is 11.5 Å². The van der Waals surface area contributed by atoms with Crippen molar-refractivity contribution in [2.75, 3.05) is 11.9 Å². The minimum atomic E-state index is -0.872. The van der Waals surface area contributed by atoms with Gasteiger partial charge in [-0.15, -0.1) is 0 Å². The molecular formula is C15H13ClFNO6. The molecule has 0 atom stereocenters. The van der Waals surface area contributed by atoms with Crippen LogP contribution in [0, 0.1) is 5.82 Å². The summed E-state index contributed by atoms with van der Waals surface area (Å²) in [5, 5.41) is 12.2. The van der Waals surface area contributed by atoms with E-state index < -0.39 is 29.4 Å². The highest BCUT2D eigenvalue weighted by atomic mass is 35.5. The fourth-order valence-corrected chi connectivity index (χ4v) is 2.00. The molecule has 0 fully saturated rings. The second-order valence-electron chi connectivity index (χ2n) is 4.51. The Morgan fingerprint density at radius 2 is 2.12 bits per heavy atom. The van der Waals surface area contributed by atoms with E-state index in [4.69, 9.17) is 25.5 Å². The van der Waals surface area contributed by atoms with Gasteiger partial charge in [-0.1, -0.05) is 11.6 Å². The van der Waals surface area contributed by atoms with E-state index in [0.29, 0.717) is 0 Å². The van der Waals surface area contributed by atoms with Gasteiger partial charge in [-0.2, -0.15) is 0 Å². The first-order valence-electron chi connectivity index (χ1n) is 6.76. The van der Waals surface area contributed by atoms with E-state index in [9.17, 15) is 19.1 Å². The highest BCUT2D eigenvalue weighted by molar-refractivity contribution is 6.31. The van der Waals surface area contributed by atoms with E-state index >= 15 is 0 Å². The number of anilines is 1. The smallest absolute Gasteiger partial charge is 0.414 e. The van der Waals surface area contributed by atoms with Gasteiger partial charge in [0, 0.05) is 12.5 Å². The fraction of sp³-hybridized carbons (Fsp3) is 0.200. The molecule has 2 aromatic rings. The van der Waals surface area contributed by atoms with Gasteiger partial charge in [0.05, 0.1) is 11.6 Å². The second kappa shape index (κ2) is 7.22. The number of furan rings is 1. The lowest BCUT2D eigenvalue weighted by Gasteiger charge is -2.04. The molecule has 0 aliphatic rings. The van der Waals surface area contributed by atoms with Crippen LogP contribution >= 0.6 is 11.6 Å². The predicted molar refractivity (Wildman–Crippen MR) is 82.7 cm³/mol. The maximum Gasteiger partial charge on any atom is 0.414 e. The first kappa shape index (κ1) is 17.6. The summed E-state index contributed by atoms with van der Waals surface area (Å²) >= 11 is 5.70. The molecule has 2 rings (SSSR count). The summed E-state index contributed by atoms with van der Waals surface area (Å²) in [6.07, 6.45) is -0.872. The average molecular weight is 358 g/mol. The Bertz CT molecular complexity index is 789. The molecule has 0 unspecified atom stereocenters. The Labute approximate surface area is 140 Å². The summed E-state index contributed by atoms with van der Waals surface area (Å²) < 4.78 is 28.1. The van der Waals surface area contributed by atoms with Gasteiger partial charge < -0.3 is 19.0 Å². The Hall–Kier alpha value is -2.74. The largest absolute Gasteiger partial charge is 0.502 e. The third kappa shape index (κ3) is 3.77. The van der Waals surface area contributed by atoms with Crippen LogP contribution in [0.1, 0.15) is 13.8 Å². The number of carbonyl (C=O) groups is 2. The van der Waals surface area contributed by atoms with Gasteiger partial charge in [-0.3, -0.25) is 10.1 Å². The zero-order chi connectivity index (χ0) is 17.9. The van der Waals surface area contributed by atoms with Gasteiger partial charge in [0.2, 0.25) is 11.5 Å². The molecule has 0 aliphatic heterocycles. The number of benzene rings is 1. The maximum absolute atomic E-state index is 13.3. The van der Waals surface area contributed by atoms with Crippen molar-refractivity contribution < 1.29 is 33.0 Å². The lowest BCUT2D eigenvalue weighted by atomic mass is 10.1. The summed E-state index contributed by atoms with van der Waals surface area (Å²) in [6.45, 7) is 2.80. The predicted octanol–water partition coefficient (Wildman–Crippen LogP) is 3.94. The second-order valence-corrected chi connectivity index (χ2v) is 4.91. The number of carbonyl (C=O) groups excluding carboxylic acids is 2. The molecular weight excluding hydrogens is 345 g/mol. The molecule has 24 heavy (non-hydrogen) atoms. The van der Waals surface area contributed by atoms with Crippen LogP contribution in [0.25, 0.3) is 11.3 Å². The van der Waals surface area contributed by atoms with Gasteiger partial charge in [-0.25, -0.2) is 9.18 Å². The number of nitrogens with one attached hydrogen (secondary N) is 1. The molecule has 9 heteroatoms. The highest BCUT2D eigenvalue weighted by Gasteiger charge is 2.26. The molecule has 1 heterocycles. The normalized spacial score (nSPS) is 10.3. The van der Waals surface area contributed by atoms with Gasteiger partial charge in [0.1, 0.15) is 5.82 Å². The molecule has 0 aliphatic carbocycles. The van der Waals surface area contributed by atoms with Gasteiger partial charge in [-0.05, 0) is 25.1 Å². The van der Waals surface area contributed by atoms with Crippen LogP contribution in [0.4, 0.5) is 15.1 Å². The van der Waals surface area contributed by atoms with Crippen LogP contribution < -0.4 is 10.1 Å². The van der Waals surface area contributed by atoms with E-state index in [2.05, 4.69) is 5.32 Å². The molecule has 0 saturated heterocycles. The molecule has 0 spiro atoms. The Kier molecular flexibility index (Phi) is 5.30. The number of amides is 1. The number of rotatable bonds is 4. The van der Waals surface area contributed by atoms with Crippen molar-refractivity contribution in [1.29, 1.82) is 0 Å². The van der Waals surface area contributed by atoms with Crippen molar-refractivity contribution in [2.45, 2.75) is 13.8 Å². The Balaban J connectivity index is 2.48. The molecule has 0 radical (unpaired) electrons. The zero-order valence-electron chi connectivity index (χ0n) is 12.7. The minimum Gasteiger partial charge on any atom is -0.502 e. The number of ether oxygens (including phenoxy) is 2. The summed E-state index contributed by atoms with van der Waals surface area (Å²) in [4.78, 5) is 22.7. The summed E-state index contributed by atoms with van der Waals surface area (Å²) in [6, 6.07) is 3.58. The number of halogens is 2. The molecule has 0 saturated carbocycles. The van der Waals surface area contributed by atoms with Crippen molar-refractivity contribution in [2.24, 2.45) is 0 Å². The topological polar surface area (TPSA) is 98.0 Å². The average Bonchev–Trinajstić information content (AvgIpc) is 2.79. The third-order valence-electron chi connectivity index (χ3n) is 2.76. The van der Waals surface area contributed by atoms with Crippen LogP contribution in [0.15, 0.2) is 22.6 Å². The van der Waals surface area contributed by atoms with E-state index in [1.165, 1.54) is 12.1 Å². The van der Waals surface area contributed by atoms with Crippen molar-refractivity contribution in [3.05, 3.63) is 29.0 Å². The lowest BCUT2D eigenvalue weighted by molar-refractivity contribution is -0.132. The number of hydrogen-bond acceptors (Lipinski definition) is 6. The lowest BCUT2D eigenvalue weighted by Crippen LogP contribution is -2.14. The molecule has 1 aromatic carbocycles. The van der Waals surface area contributed by atoms with E-state index in [0.717, 1.165) is 13.0 Å². The first-order chi connectivity index (χ1) is 11.3. The third-order valence-corrected chi connectivity index (χ3v) is 3.05. The summed E-state index contributed by atoms with van der Waals surface area (Å²) in [5.74, 6) is -2.86. The maximum atomic E-state index is 13.3. The van der Waals surface area contributed by atoms with Crippen LogP contribution in [-0.2, 0) is 9.53 Å². The van der Waals surface area contributed by atoms with Crippen molar-refractivity contribution in [3.8, 4) is 22.8 Å². The molecule has 7 nitrogen and oxygen atoms in total. The van der Waals surface area contributed by atoms with Gasteiger partial charge in [0.25, 0.3) is 5.88 Å². The Morgan fingerprint density at radius 3 is 2.71 bits per heavy atom.